The predicted octanol–water partition coefficient (Wildman–Crippen LogP) is 2.27. The summed E-state index contributed by atoms with van der Waals surface area (Å²) in [5, 5.41) is 14.7. The van der Waals surface area contributed by atoms with Crippen molar-refractivity contribution in [3.05, 3.63) is 59.9 Å². The summed E-state index contributed by atoms with van der Waals surface area (Å²) < 4.78 is 39.3. The number of aromatic nitrogens is 1. The molecule has 0 spiro atoms. The molecular formula is C16H13F3N4O2. The molecule has 0 saturated carbocycles. The first kappa shape index (κ1) is 16.9. The fourth-order valence-electron chi connectivity index (χ4n) is 2.51. The lowest BCUT2D eigenvalue weighted by molar-refractivity contribution is -0.0816. The topological polar surface area (TPSA) is 91.8 Å². The highest BCUT2D eigenvalue weighted by molar-refractivity contribution is 6.00. The minimum Gasteiger partial charge on any atom is -0.399 e. The van der Waals surface area contributed by atoms with Gasteiger partial charge in [-0.15, -0.1) is 0 Å². The highest BCUT2D eigenvalue weighted by Gasteiger charge is 2.53. The van der Waals surface area contributed by atoms with Crippen molar-refractivity contribution in [1.82, 2.24) is 9.99 Å². The molecular weight excluding hydrogens is 337 g/mol. The number of nitrogens with zero attached hydrogens (tertiary/aromatic N) is 3. The summed E-state index contributed by atoms with van der Waals surface area (Å²) in [6.45, 7) is 0. The molecule has 2 heterocycles. The van der Waals surface area contributed by atoms with Gasteiger partial charge in [0.15, 0.2) is 5.72 Å². The second-order valence-corrected chi connectivity index (χ2v) is 5.51. The number of benzene rings is 1. The lowest BCUT2D eigenvalue weighted by Crippen LogP contribution is -2.43. The number of nitrogen functional groups attached to an aromatic ring is 1. The number of carbonyl (C=O) groups excluding carboxylic acids is 1. The quantitative estimate of drug-likeness (QED) is 0.813. The highest BCUT2D eigenvalue weighted by Crippen LogP contribution is 2.40. The van der Waals surface area contributed by atoms with E-state index >= 15 is 0 Å². The maximum atomic E-state index is 13.1. The molecule has 130 valence electrons. The summed E-state index contributed by atoms with van der Waals surface area (Å²) in [6.07, 6.45) is -3.02. The van der Waals surface area contributed by atoms with Crippen molar-refractivity contribution >= 4 is 17.3 Å². The summed E-state index contributed by atoms with van der Waals surface area (Å²) in [5.41, 5.74) is 2.57. The van der Waals surface area contributed by atoms with Gasteiger partial charge in [0.25, 0.3) is 5.91 Å². The first-order valence-corrected chi connectivity index (χ1v) is 7.19. The standard InChI is InChI=1S/C16H13F3N4O2/c17-16(18,19)13-9-15(25,11-5-7-21-8-6-11)23(22-13)14(24)10-1-3-12(20)4-2-10/h1-8,25H,9,20H2. The summed E-state index contributed by atoms with van der Waals surface area (Å²) >= 11 is 0. The SMILES string of the molecule is Nc1ccc(C(=O)N2N=C(C(F)(F)F)CC2(O)c2ccncc2)cc1. The largest absolute Gasteiger partial charge is 0.431 e. The van der Waals surface area contributed by atoms with Crippen LogP contribution in [0.25, 0.3) is 0 Å². The monoisotopic (exact) mass is 350 g/mol. The number of hydrazone groups is 1. The smallest absolute Gasteiger partial charge is 0.399 e. The lowest BCUT2D eigenvalue weighted by Gasteiger charge is -2.31. The van der Waals surface area contributed by atoms with Crippen molar-refractivity contribution < 1.29 is 23.1 Å². The number of nitrogens with two attached hydrogens (primary N) is 1. The Bertz CT molecular complexity index is 822. The first-order valence-electron chi connectivity index (χ1n) is 7.19. The van der Waals surface area contributed by atoms with E-state index in [1.165, 1.54) is 48.8 Å². The van der Waals surface area contributed by atoms with E-state index in [0.717, 1.165) is 0 Å². The van der Waals surface area contributed by atoms with E-state index in [-0.39, 0.29) is 11.1 Å². The van der Waals surface area contributed by atoms with Crippen molar-refractivity contribution in [2.24, 2.45) is 5.10 Å². The zero-order valence-corrected chi connectivity index (χ0v) is 12.7. The molecule has 1 amide bonds. The van der Waals surface area contributed by atoms with E-state index in [2.05, 4.69) is 10.1 Å². The molecule has 1 aromatic carbocycles. The van der Waals surface area contributed by atoms with Gasteiger partial charge >= 0.3 is 6.18 Å². The number of hydrogen-bond donors (Lipinski definition) is 2. The molecule has 3 rings (SSSR count). The van der Waals surface area contributed by atoms with Crippen LogP contribution in [0.3, 0.4) is 0 Å². The number of pyridine rings is 1. The molecule has 9 heteroatoms. The van der Waals surface area contributed by atoms with Gasteiger partial charge in [-0.25, -0.2) is 0 Å². The third kappa shape index (κ3) is 3.05. The summed E-state index contributed by atoms with van der Waals surface area (Å²) in [6, 6.07) is 8.24. The molecule has 0 bridgehead atoms. The Hall–Kier alpha value is -2.94. The van der Waals surface area contributed by atoms with E-state index in [1.807, 2.05) is 0 Å². The Morgan fingerprint density at radius 1 is 1.16 bits per heavy atom. The van der Waals surface area contributed by atoms with Crippen molar-refractivity contribution in [1.29, 1.82) is 0 Å². The molecule has 1 aliphatic rings. The number of halogens is 3. The Morgan fingerprint density at radius 2 is 1.76 bits per heavy atom. The van der Waals surface area contributed by atoms with Gasteiger partial charge in [0.05, 0.1) is 6.42 Å². The van der Waals surface area contributed by atoms with Gasteiger partial charge in [-0.1, -0.05) is 0 Å². The van der Waals surface area contributed by atoms with Gasteiger partial charge in [-0.05, 0) is 36.4 Å². The number of carbonyl (C=O) groups is 1. The van der Waals surface area contributed by atoms with Gasteiger partial charge in [-0.2, -0.15) is 23.3 Å². The molecule has 3 N–H and O–H groups in total. The molecule has 0 aliphatic carbocycles. The van der Waals surface area contributed by atoms with Crippen LogP contribution in [0, 0.1) is 0 Å². The average molecular weight is 350 g/mol. The van der Waals surface area contributed by atoms with Gasteiger partial charge in [0, 0.05) is 29.2 Å². The van der Waals surface area contributed by atoms with Crippen LogP contribution in [0.1, 0.15) is 22.3 Å². The van der Waals surface area contributed by atoms with Crippen LogP contribution >= 0.6 is 0 Å². The minimum atomic E-state index is -4.77. The molecule has 1 aliphatic heterocycles. The lowest BCUT2D eigenvalue weighted by atomic mass is 9.97. The molecule has 25 heavy (non-hydrogen) atoms. The Kier molecular flexibility index (Phi) is 3.96. The van der Waals surface area contributed by atoms with E-state index < -0.39 is 29.9 Å². The van der Waals surface area contributed by atoms with E-state index in [9.17, 15) is 23.1 Å². The minimum absolute atomic E-state index is 0.0499. The number of alkyl halides is 3. The third-order valence-corrected chi connectivity index (χ3v) is 3.80. The van der Waals surface area contributed by atoms with Crippen molar-refractivity contribution in [2.45, 2.75) is 18.3 Å². The molecule has 0 radical (unpaired) electrons. The van der Waals surface area contributed by atoms with E-state index in [4.69, 9.17) is 5.73 Å². The Labute approximate surface area is 140 Å². The summed E-state index contributed by atoms with van der Waals surface area (Å²) in [4.78, 5) is 16.4. The van der Waals surface area contributed by atoms with Gasteiger partial charge in [0.2, 0.25) is 0 Å². The maximum Gasteiger partial charge on any atom is 0.431 e. The first-order chi connectivity index (χ1) is 11.7. The second kappa shape index (κ2) is 5.85. The molecule has 1 aromatic heterocycles. The molecule has 1 atom stereocenters. The van der Waals surface area contributed by atoms with Crippen LogP contribution in [0.5, 0.6) is 0 Å². The number of hydrogen-bond acceptors (Lipinski definition) is 5. The van der Waals surface area contributed by atoms with Crippen molar-refractivity contribution in [3.8, 4) is 0 Å². The highest BCUT2D eigenvalue weighted by atomic mass is 19.4. The Balaban J connectivity index is 2.06. The zero-order valence-electron chi connectivity index (χ0n) is 12.7. The average Bonchev–Trinajstić information content (AvgIpc) is 2.95. The fraction of sp³-hybridized carbons (Fsp3) is 0.188. The van der Waals surface area contributed by atoms with Crippen molar-refractivity contribution in [3.63, 3.8) is 0 Å². The second-order valence-electron chi connectivity index (χ2n) is 5.51. The number of rotatable bonds is 2. The van der Waals surface area contributed by atoms with Gasteiger partial charge in [0.1, 0.15) is 5.71 Å². The Morgan fingerprint density at radius 3 is 2.32 bits per heavy atom. The van der Waals surface area contributed by atoms with Crippen molar-refractivity contribution in [2.75, 3.05) is 5.73 Å². The van der Waals surface area contributed by atoms with Crippen LogP contribution in [0.2, 0.25) is 0 Å². The molecule has 0 fully saturated rings. The van der Waals surface area contributed by atoms with Gasteiger partial charge < -0.3 is 10.8 Å². The number of amides is 1. The molecule has 1 unspecified atom stereocenters. The predicted molar refractivity (Wildman–Crippen MR) is 83.3 cm³/mol. The number of anilines is 1. The van der Waals surface area contributed by atoms with Crippen LogP contribution in [0.15, 0.2) is 53.9 Å². The molecule has 6 nitrogen and oxygen atoms in total. The molecule has 2 aromatic rings. The normalized spacial score (nSPS) is 20.5. The van der Waals surface area contributed by atoms with Crippen LogP contribution < -0.4 is 5.73 Å². The van der Waals surface area contributed by atoms with E-state index in [0.29, 0.717) is 10.7 Å². The summed E-state index contributed by atoms with van der Waals surface area (Å²) in [5.74, 6) is -0.876. The van der Waals surface area contributed by atoms with Crippen LogP contribution in [-0.2, 0) is 5.72 Å². The zero-order chi connectivity index (χ0) is 18.2. The van der Waals surface area contributed by atoms with Crippen LogP contribution in [-0.4, -0.2) is 32.9 Å². The molecule has 0 saturated heterocycles. The van der Waals surface area contributed by atoms with Crippen LogP contribution in [0.4, 0.5) is 18.9 Å². The number of aliphatic hydroxyl groups is 1. The maximum absolute atomic E-state index is 13.1. The van der Waals surface area contributed by atoms with E-state index in [1.54, 1.807) is 0 Å². The third-order valence-electron chi connectivity index (χ3n) is 3.80. The fourth-order valence-corrected chi connectivity index (χ4v) is 2.51. The van der Waals surface area contributed by atoms with Gasteiger partial charge in [-0.3, -0.25) is 9.78 Å². The summed E-state index contributed by atoms with van der Waals surface area (Å²) in [7, 11) is 0.